The van der Waals surface area contributed by atoms with E-state index < -0.39 is 11.7 Å². The number of anilines is 1. The topological polar surface area (TPSA) is 64.1 Å². The van der Waals surface area contributed by atoms with Crippen LogP contribution in [0.25, 0.3) is 0 Å². The molecule has 0 aliphatic heterocycles. The second-order valence-electron chi connectivity index (χ2n) is 3.41. The predicted octanol–water partition coefficient (Wildman–Crippen LogP) is 1.88. The Bertz CT molecular complexity index is 575. The smallest absolute Gasteiger partial charge is 0.274 e. The highest BCUT2D eigenvalue weighted by atomic mass is 19.1. The highest BCUT2D eigenvalue weighted by Crippen LogP contribution is 2.12. The number of benzene rings is 1. The van der Waals surface area contributed by atoms with Crippen molar-refractivity contribution >= 4 is 11.6 Å². The summed E-state index contributed by atoms with van der Waals surface area (Å²) in [6.07, 6.45) is 1.22. The number of ether oxygens (including phenoxy) is 1. The molecule has 1 amide bonds. The van der Waals surface area contributed by atoms with Crippen LogP contribution in [-0.2, 0) is 0 Å². The number of halogens is 1. The lowest BCUT2D eigenvalue weighted by Crippen LogP contribution is -2.14. The molecule has 2 rings (SSSR count). The maximum absolute atomic E-state index is 12.9. The first-order chi connectivity index (χ1) is 8.69. The lowest BCUT2D eigenvalue weighted by atomic mass is 10.3. The molecule has 0 aliphatic rings. The minimum absolute atomic E-state index is 0.145. The summed E-state index contributed by atoms with van der Waals surface area (Å²) in [5, 5.41) is 2.53. The minimum Gasteiger partial charge on any atom is -0.481 e. The van der Waals surface area contributed by atoms with Crippen LogP contribution in [-0.4, -0.2) is 23.0 Å². The van der Waals surface area contributed by atoms with E-state index in [0.29, 0.717) is 5.69 Å². The summed E-state index contributed by atoms with van der Waals surface area (Å²) >= 11 is 0. The summed E-state index contributed by atoms with van der Waals surface area (Å²) < 4.78 is 17.8. The Kier molecular flexibility index (Phi) is 3.47. The highest BCUT2D eigenvalue weighted by Gasteiger charge is 2.09. The van der Waals surface area contributed by atoms with Gasteiger partial charge in [-0.25, -0.2) is 14.4 Å². The molecule has 1 heterocycles. The fourth-order valence-electron chi connectivity index (χ4n) is 1.34. The number of carbonyl (C=O) groups excluding carboxylic acids is 1. The van der Waals surface area contributed by atoms with Gasteiger partial charge in [-0.2, -0.15) is 0 Å². The molecule has 92 valence electrons. The number of rotatable bonds is 3. The van der Waals surface area contributed by atoms with Gasteiger partial charge in [-0.05, 0) is 18.2 Å². The van der Waals surface area contributed by atoms with E-state index in [1.807, 2.05) is 0 Å². The quantitative estimate of drug-likeness (QED) is 0.899. The first-order valence-corrected chi connectivity index (χ1v) is 5.12. The molecule has 0 bridgehead atoms. The highest BCUT2D eigenvalue weighted by molar-refractivity contribution is 6.02. The molecule has 0 saturated carbocycles. The molecule has 0 atom stereocenters. The number of carbonyl (C=O) groups is 1. The molecule has 0 spiro atoms. The van der Waals surface area contributed by atoms with Gasteiger partial charge in [0.1, 0.15) is 17.8 Å². The molecule has 6 heteroatoms. The van der Waals surface area contributed by atoms with Crippen molar-refractivity contribution in [3.63, 3.8) is 0 Å². The molecule has 0 radical (unpaired) electrons. The summed E-state index contributed by atoms with van der Waals surface area (Å²) in [6.45, 7) is 0. The van der Waals surface area contributed by atoms with Crippen LogP contribution in [0.2, 0.25) is 0 Å². The van der Waals surface area contributed by atoms with E-state index in [0.717, 1.165) is 0 Å². The van der Waals surface area contributed by atoms with E-state index in [2.05, 4.69) is 15.3 Å². The molecule has 0 aliphatic carbocycles. The van der Waals surface area contributed by atoms with Crippen LogP contribution in [0, 0.1) is 5.82 Å². The van der Waals surface area contributed by atoms with E-state index in [-0.39, 0.29) is 11.6 Å². The third kappa shape index (κ3) is 2.79. The number of hydrogen-bond donors (Lipinski definition) is 1. The first kappa shape index (κ1) is 12.0. The average molecular weight is 247 g/mol. The van der Waals surface area contributed by atoms with Crippen molar-refractivity contribution in [3.8, 4) is 5.88 Å². The van der Waals surface area contributed by atoms with Crippen LogP contribution < -0.4 is 10.1 Å². The zero-order valence-corrected chi connectivity index (χ0v) is 9.55. The normalized spacial score (nSPS) is 9.89. The van der Waals surface area contributed by atoms with Crippen molar-refractivity contribution in [2.45, 2.75) is 0 Å². The monoisotopic (exact) mass is 247 g/mol. The number of methoxy groups -OCH3 is 1. The standard InChI is InChI=1S/C12H10FN3O2/c1-18-11-6-10(14-7-15-11)12(17)16-9-4-2-3-8(13)5-9/h2-7H,1H3,(H,16,17). The zero-order valence-electron chi connectivity index (χ0n) is 9.55. The van der Waals surface area contributed by atoms with Gasteiger partial charge in [-0.15, -0.1) is 0 Å². The maximum atomic E-state index is 12.9. The van der Waals surface area contributed by atoms with Crippen molar-refractivity contribution in [2.24, 2.45) is 0 Å². The SMILES string of the molecule is COc1cc(C(=O)Nc2cccc(F)c2)ncn1. The Labute approximate surface area is 103 Å². The van der Waals surface area contributed by atoms with Crippen LogP contribution in [0.4, 0.5) is 10.1 Å². The van der Waals surface area contributed by atoms with E-state index in [9.17, 15) is 9.18 Å². The molecule has 0 fully saturated rings. The molecule has 0 unspecified atom stereocenters. The van der Waals surface area contributed by atoms with E-state index in [4.69, 9.17) is 4.74 Å². The van der Waals surface area contributed by atoms with Crippen LogP contribution in [0.1, 0.15) is 10.5 Å². The third-order valence-corrected chi connectivity index (χ3v) is 2.17. The molecule has 1 N–H and O–H groups in total. The predicted molar refractivity (Wildman–Crippen MR) is 62.9 cm³/mol. The molecule has 2 aromatic rings. The fourth-order valence-corrected chi connectivity index (χ4v) is 1.34. The van der Waals surface area contributed by atoms with Crippen LogP contribution in [0.5, 0.6) is 5.88 Å². The third-order valence-electron chi connectivity index (χ3n) is 2.17. The maximum Gasteiger partial charge on any atom is 0.274 e. The van der Waals surface area contributed by atoms with Gasteiger partial charge in [0, 0.05) is 11.8 Å². The first-order valence-electron chi connectivity index (χ1n) is 5.12. The van der Waals surface area contributed by atoms with Gasteiger partial charge in [-0.3, -0.25) is 4.79 Å². The van der Waals surface area contributed by atoms with Crippen LogP contribution in [0.3, 0.4) is 0 Å². The average Bonchev–Trinajstić information content (AvgIpc) is 2.39. The summed E-state index contributed by atoms with van der Waals surface area (Å²) in [5.74, 6) is -0.594. The number of amides is 1. The fraction of sp³-hybridized carbons (Fsp3) is 0.0833. The van der Waals surface area contributed by atoms with Gasteiger partial charge in [0.25, 0.3) is 5.91 Å². The molecular formula is C12H10FN3O2. The van der Waals surface area contributed by atoms with Gasteiger partial charge in [-0.1, -0.05) is 6.07 Å². The molecule has 5 nitrogen and oxygen atoms in total. The summed E-state index contributed by atoms with van der Waals surface area (Å²) in [6, 6.07) is 7.00. The molecule has 18 heavy (non-hydrogen) atoms. The summed E-state index contributed by atoms with van der Waals surface area (Å²) in [4.78, 5) is 19.4. The number of hydrogen-bond acceptors (Lipinski definition) is 4. The molecular weight excluding hydrogens is 237 g/mol. The van der Waals surface area contributed by atoms with E-state index in [1.165, 1.54) is 37.7 Å². The summed E-state index contributed by atoms with van der Waals surface area (Å²) in [5.41, 5.74) is 0.503. The Balaban J connectivity index is 2.16. The van der Waals surface area contributed by atoms with Gasteiger partial charge < -0.3 is 10.1 Å². The Morgan fingerprint density at radius 2 is 2.17 bits per heavy atom. The van der Waals surface area contributed by atoms with E-state index in [1.54, 1.807) is 6.07 Å². The minimum atomic E-state index is -0.457. The number of nitrogens with one attached hydrogen (secondary N) is 1. The Morgan fingerprint density at radius 1 is 1.33 bits per heavy atom. The second-order valence-corrected chi connectivity index (χ2v) is 3.41. The van der Waals surface area contributed by atoms with Crippen molar-refractivity contribution in [1.82, 2.24) is 9.97 Å². The largest absolute Gasteiger partial charge is 0.481 e. The van der Waals surface area contributed by atoms with Gasteiger partial charge in [0.2, 0.25) is 5.88 Å². The molecule has 1 aromatic carbocycles. The Morgan fingerprint density at radius 3 is 2.89 bits per heavy atom. The van der Waals surface area contributed by atoms with Gasteiger partial charge in [0.05, 0.1) is 7.11 Å². The van der Waals surface area contributed by atoms with Crippen molar-refractivity contribution in [3.05, 3.63) is 48.2 Å². The van der Waals surface area contributed by atoms with Gasteiger partial charge >= 0.3 is 0 Å². The lowest BCUT2D eigenvalue weighted by molar-refractivity contribution is 0.102. The van der Waals surface area contributed by atoms with Gasteiger partial charge in [0.15, 0.2) is 0 Å². The Hall–Kier alpha value is -2.50. The van der Waals surface area contributed by atoms with Crippen LogP contribution in [0.15, 0.2) is 36.7 Å². The number of aromatic nitrogens is 2. The molecule has 0 saturated heterocycles. The zero-order chi connectivity index (χ0) is 13.0. The lowest BCUT2D eigenvalue weighted by Gasteiger charge is -2.05. The number of nitrogens with zero attached hydrogens (tertiary/aromatic N) is 2. The van der Waals surface area contributed by atoms with Crippen molar-refractivity contribution in [2.75, 3.05) is 12.4 Å². The molecule has 1 aromatic heterocycles. The second kappa shape index (κ2) is 5.22. The summed E-state index contributed by atoms with van der Waals surface area (Å²) in [7, 11) is 1.44. The van der Waals surface area contributed by atoms with Crippen molar-refractivity contribution in [1.29, 1.82) is 0 Å². The van der Waals surface area contributed by atoms with Crippen LogP contribution >= 0.6 is 0 Å². The van der Waals surface area contributed by atoms with Crippen molar-refractivity contribution < 1.29 is 13.9 Å². The van der Waals surface area contributed by atoms with E-state index >= 15 is 0 Å².